The molecule has 4 heterocycles. The molecule has 4 aliphatic heterocycles. The lowest BCUT2D eigenvalue weighted by atomic mass is 9.74. The van der Waals surface area contributed by atoms with E-state index in [4.69, 9.17) is 14.2 Å². The molecule has 1 aromatic rings. The Morgan fingerprint density at radius 1 is 1.15 bits per heavy atom. The normalized spacial score (nSPS) is 33.4. The number of cyclic esters (lactones) is 1. The van der Waals surface area contributed by atoms with E-state index in [1.165, 1.54) is 9.80 Å². The number of anilines is 1. The van der Waals surface area contributed by atoms with Crippen molar-refractivity contribution >= 4 is 45.3 Å². The molecule has 214 valence electrons. The van der Waals surface area contributed by atoms with E-state index < -0.39 is 53.5 Å². The highest BCUT2D eigenvalue weighted by atomic mass is 79.9. The third-order valence-corrected chi connectivity index (χ3v) is 8.50. The molecule has 2 fully saturated rings. The minimum Gasteiger partial charge on any atom is -0.497 e. The molecule has 5 bridgehead atoms. The maximum atomic E-state index is 14.5. The molecule has 0 saturated carbocycles. The Kier molecular flexibility index (Phi) is 8.03. The number of ether oxygens (including phenoxy) is 3. The first-order valence-corrected chi connectivity index (χ1v) is 14.1. The van der Waals surface area contributed by atoms with Gasteiger partial charge < -0.3 is 34.4 Å². The fraction of sp³-hybridized carbons (Fsp3) is 0.500. The second-order valence-corrected chi connectivity index (χ2v) is 11.2. The summed E-state index contributed by atoms with van der Waals surface area (Å²) in [4.78, 5) is 57.0. The smallest absolute Gasteiger partial charge is 0.313 e. The van der Waals surface area contributed by atoms with Crippen LogP contribution in [-0.2, 0) is 28.7 Å². The molecular weight excluding hydrogens is 586 g/mol. The average molecular weight is 618 g/mol. The van der Waals surface area contributed by atoms with Crippen molar-refractivity contribution in [2.24, 2.45) is 11.8 Å². The molecule has 12 heteroatoms. The van der Waals surface area contributed by atoms with Gasteiger partial charge in [-0.05, 0) is 43.7 Å². The van der Waals surface area contributed by atoms with Gasteiger partial charge in [-0.3, -0.25) is 19.2 Å². The molecule has 2 N–H and O–H groups in total. The van der Waals surface area contributed by atoms with Gasteiger partial charge in [0.15, 0.2) is 0 Å². The van der Waals surface area contributed by atoms with Crippen LogP contribution in [0.25, 0.3) is 0 Å². The van der Waals surface area contributed by atoms with Crippen LogP contribution in [0, 0.1) is 11.8 Å². The van der Waals surface area contributed by atoms with E-state index >= 15 is 0 Å². The van der Waals surface area contributed by atoms with Crippen LogP contribution < -0.4 is 15.0 Å². The predicted molar refractivity (Wildman–Crippen MR) is 146 cm³/mol. The minimum atomic E-state index is -1.43. The summed E-state index contributed by atoms with van der Waals surface area (Å²) in [5.74, 6) is -3.14. The van der Waals surface area contributed by atoms with Crippen molar-refractivity contribution in [1.29, 1.82) is 0 Å². The summed E-state index contributed by atoms with van der Waals surface area (Å²) in [5.41, 5.74) is -0.876. The Hall–Kier alpha value is -3.22. The summed E-state index contributed by atoms with van der Waals surface area (Å²) in [6, 6.07) is 5.80. The molecule has 0 aliphatic carbocycles. The van der Waals surface area contributed by atoms with E-state index in [0.717, 1.165) is 0 Å². The zero-order valence-corrected chi connectivity index (χ0v) is 23.8. The number of β-amino-alcohol motifs (C(OH)–C–C–N with tert-alkyl or cyclic N) is 1. The molecule has 11 nitrogen and oxygen atoms in total. The molecule has 0 radical (unpaired) electrons. The van der Waals surface area contributed by atoms with E-state index in [-0.39, 0.29) is 38.6 Å². The van der Waals surface area contributed by atoms with Gasteiger partial charge in [0.25, 0.3) is 5.91 Å². The van der Waals surface area contributed by atoms with Crippen LogP contribution in [0.15, 0.2) is 47.0 Å². The number of rotatable bonds is 4. The Bertz CT molecular complexity index is 1250. The van der Waals surface area contributed by atoms with Gasteiger partial charge in [0, 0.05) is 29.7 Å². The third kappa shape index (κ3) is 4.82. The van der Waals surface area contributed by atoms with Crippen LogP contribution in [0.1, 0.15) is 19.8 Å². The van der Waals surface area contributed by atoms with Gasteiger partial charge in [-0.15, -0.1) is 0 Å². The number of nitrogens with one attached hydrogen (secondary N) is 1. The second kappa shape index (κ2) is 11.3. The first-order chi connectivity index (χ1) is 19.2. The number of methoxy groups -OCH3 is 1. The molecule has 3 amide bonds. The fourth-order valence-electron chi connectivity index (χ4n) is 6.02. The van der Waals surface area contributed by atoms with Crippen molar-refractivity contribution in [1.82, 2.24) is 10.2 Å². The predicted octanol–water partition coefficient (Wildman–Crippen LogP) is 1.29. The van der Waals surface area contributed by atoms with E-state index in [1.54, 1.807) is 50.5 Å². The summed E-state index contributed by atoms with van der Waals surface area (Å²) in [6.07, 6.45) is 4.56. The molecule has 2 saturated heterocycles. The topological polar surface area (TPSA) is 135 Å². The van der Waals surface area contributed by atoms with Crippen LogP contribution in [0.4, 0.5) is 5.69 Å². The number of nitrogens with zero attached hydrogens (tertiary/aromatic N) is 2. The van der Waals surface area contributed by atoms with Crippen LogP contribution >= 0.6 is 15.9 Å². The van der Waals surface area contributed by atoms with Gasteiger partial charge in [0.1, 0.15) is 35.5 Å². The number of benzene rings is 1. The largest absolute Gasteiger partial charge is 0.497 e. The number of fused-ring (bicyclic) bond motifs is 2. The molecular formula is C28H32BrN3O8. The number of hydrogen-bond acceptors (Lipinski definition) is 8. The lowest BCUT2D eigenvalue weighted by Crippen LogP contribution is -2.56. The van der Waals surface area contributed by atoms with Gasteiger partial charge in [-0.25, -0.2) is 0 Å². The number of esters is 1. The molecule has 4 aliphatic rings. The number of amides is 3. The van der Waals surface area contributed by atoms with Crippen molar-refractivity contribution in [2.75, 3.05) is 38.3 Å². The van der Waals surface area contributed by atoms with Crippen molar-refractivity contribution in [3.8, 4) is 5.75 Å². The van der Waals surface area contributed by atoms with E-state index in [2.05, 4.69) is 21.2 Å². The molecule has 1 aromatic carbocycles. The van der Waals surface area contributed by atoms with E-state index in [0.29, 0.717) is 22.3 Å². The number of aliphatic hydroxyl groups excluding tert-OH is 1. The molecule has 1 spiro atoms. The van der Waals surface area contributed by atoms with Gasteiger partial charge in [-0.1, -0.05) is 28.1 Å². The summed E-state index contributed by atoms with van der Waals surface area (Å²) in [5, 5.41) is 12.6. The summed E-state index contributed by atoms with van der Waals surface area (Å²) >= 11 is 3.50. The van der Waals surface area contributed by atoms with Crippen molar-refractivity contribution < 1.29 is 38.5 Å². The molecule has 0 aromatic heterocycles. The number of hydrogen-bond donors (Lipinski definition) is 2. The number of likely N-dealkylation sites (tertiary alicyclic amines) is 1. The lowest BCUT2D eigenvalue weighted by molar-refractivity contribution is -0.158. The van der Waals surface area contributed by atoms with Gasteiger partial charge in [0.2, 0.25) is 11.8 Å². The van der Waals surface area contributed by atoms with Crippen LogP contribution in [-0.4, -0.2) is 90.9 Å². The first-order valence-electron chi connectivity index (χ1n) is 13.3. The Balaban J connectivity index is 1.60. The molecule has 0 unspecified atom stereocenters. The molecule has 40 heavy (non-hydrogen) atoms. The van der Waals surface area contributed by atoms with Crippen LogP contribution in [0.5, 0.6) is 5.75 Å². The quantitative estimate of drug-likeness (QED) is 0.381. The summed E-state index contributed by atoms with van der Waals surface area (Å²) < 4.78 is 17.9. The number of aliphatic hydroxyl groups is 1. The van der Waals surface area contributed by atoms with Gasteiger partial charge >= 0.3 is 5.97 Å². The van der Waals surface area contributed by atoms with Crippen molar-refractivity contribution in [3.05, 3.63) is 47.0 Å². The van der Waals surface area contributed by atoms with Gasteiger partial charge in [-0.2, -0.15) is 0 Å². The fourth-order valence-corrected chi connectivity index (χ4v) is 6.76. The molecule has 5 rings (SSSR count). The lowest BCUT2D eigenvalue weighted by Gasteiger charge is -2.35. The Morgan fingerprint density at radius 2 is 1.90 bits per heavy atom. The highest BCUT2D eigenvalue weighted by Gasteiger charge is 2.74. The van der Waals surface area contributed by atoms with Crippen molar-refractivity contribution in [2.45, 2.75) is 43.6 Å². The van der Waals surface area contributed by atoms with Crippen LogP contribution in [0.2, 0.25) is 0 Å². The Morgan fingerprint density at radius 3 is 2.60 bits per heavy atom. The number of carbonyl (C=O) groups is 4. The number of halogens is 1. The SMILES string of the molecule is COc1ccc(N2C/C=C\CCC(=O)NC[C@@H](C)OC(=O)[C@@H]3[C@H]4O[C@@]5(C=C4Br)[C@H](C2=O)N(CCO)C(=O)[C@@H]35)cc1. The average Bonchev–Trinajstić information content (AvgIpc) is 3.52. The van der Waals surface area contributed by atoms with Gasteiger partial charge in [0.05, 0.1) is 26.2 Å². The van der Waals surface area contributed by atoms with E-state index in [1.807, 2.05) is 6.08 Å². The third-order valence-electron chi connectivity index (χ3n) is 7.82. The summed E-state index contributed by atoms with van der Waals surface area (Å²) in [7, 11) is 1.55. The van der Waals surface area contributed by atoms with Crippen LogP contribution in [0.3, 0.4) is 0 Å². The minimum absolute atomic E-state index is 0.108. The molecule has 6 atom stereocenters. The zero-order chi connectivity index (χ0) is 28.6. The maximum Gasteiger partial charge on any atom is 0.313 e. The second-order valence-electron chi connectivity index (χ2n) is 10.3. The van der Waals surface area contributed by atoms with E-state index in [9.17, 15) is 24.3 Å². The number of carbonyl (C=O) groups excluding carboxylic acids is 4. The summed E-state index contributed by atoms with van der Waals surface area (Å²) in [6.45, 7) is 1.46. The highest BCUT2D eigenvalue weighted by Crippen LogP contribution is 2.58. The maximum absolute atomic E-state index is 14.5. The Labute approximate surface area is 240 Å². The van der Waals surface area contributed by atoms with Crippen molar-refractivity contribution in [3.63, 3.8) is 0 Å². The highest BCUT2D eigenvalue weighted by molar-refractivity contribution is 9.11. The standard InChI is InChI=1S/C28H32BrN3O8/c1-16-15-30-20(34)6-4-3-5-11-31(17-7-9-18(38-2)10-8-17)26(36)24-28-14-19(29)23(40-28)21(27(37)39-16)22(28)25(35)32(24)12-13-33/h3,5,7-10,14,16,21-24,33H,4,6,11-13,15H2,1-2H3,(H,30,34)/b5-3-/t16-,21+,22-,23+,24+,28-/m1/s1. The monoisotopic (exact) mass is 617 g/mol. The zero-order valence-electron chi connectivity index (χ0n) is 22.2. The number of allylic oxidation sites excluding steroid dienone is 1. The first kappa shape index (κ1) is 28.3.